The summed E-state index contributed by atoms with van der Waals surface area (Å²) in [5.74, 6) is 0.222. The van der Waals surface area contributed by atoms with E-state index in [0.717, 1.165) is 6.42 Å². The van der Waals surface area contributed by atoms with Gasteiger partial charge in [0.1, 0.15) is 5.82 Å². The Morgan fingerprint density at radius 2 is 2.22 bits per heavy atom. The van der Waals surface area contributed by atoms with Gasteiger partial charge in [0.2, 0.25) is 10.0 Å². The summed E-state index contributed by atoms with van der Waals surface area (Å²) in [6, 6.07) is 3.16. The Morgan fingerprint density at radius 3 is 2.78 bits per heavy atom. The summed E-state index contributed by atoms with van der Waals surface area (Å²) in [5.41, 5.74) is 5.53. The summed E-state index contributed by atoms with van der Waals surface area (Å²) >= 11 is 0. The highest BCUT2D eigenvalue weighted by Gasteiger charge is 2.33. The third-order valence-corrected chi connectivity index (χ3v) is 5.11. The van der Waals surface area contributed by atoms with Crippen molar-refractivity contribution in [2.24, 2.45) is 0 Å². The molecule has 2 heterocycles. The zero-order valence-corrected chi connectivity index (χ0v) is 11.4. The van der Waals surface area contributed by atoms with Crippen LogP contribution in [0.3, 0.4) is 0 Å². The SMILES string of the molecule is CN(C)C1CCN(S(=O)(=O)c2ccnc(N)c2)C1. The van der Waals surface area contributed by atoms with E-state index in [-0.39, 0.29) is 16.8 Å². The van der Waals surface area contributed by atoms with E-state index in [4.69, 9.17) is 5.73 Å². The number of aromatic nitrogens is 1. The molecule has 1 unspecified atom stereocenters. The van der Waals surface area contributed by atoms with Gasteiger partial charge < -0.3 is 10.6 Å². The first-order chi connectivity index (χ1) is 8.41. The zero-order chi connectivity index (χ0) is 13.3. The van der Waals surface area contributed by atoms with Gasteiger partial charge in [-0.25, -0.2) is 13.4 Å². The van der Waals surface area contributed by atoms with Crippen LogP contribution in [0.1, 0.15) is 6.42 Å². The van der Waals surface area contributed by atoms with Gasteiger partial charge in [-0.15, -0.1) is 0 Å². The summed E-state index contributed by atoms with van der Waals surface area (Å²) in [4.78, 5) is 6.08. The van der Waals surface area contributed by atoms with Gasteiger partial charge in [-0.05, 0) is 26.6 Å². The minimum Gasteiger partial charge on any atom is -0.384 e. The number of likely N-dealkylation sites (N-methyl/N-ethyl adjacent to an activating group) is 1. The van der Waals surface area contributed by atoms with Crippen molar-refractivity contribution < 1.29 is 8.42 Å². The van der Waals surface area contributed by atoms with E-state index in [0.29, 0.717) is 13.1 Å². The number of hydrogen-bond acceptors (Lipinski definition) is 5. The molecule has 1 aromatic heterocycles. The quantitative estimate of drug-likeness (QED) is 0.835. The molecule has 1 aromatic rings. The van der Waals surface area contributed by atoms with Gasteiger partial charge in [-0.3, -0.25) is 0 Å². The molecular formula is C11H18N4O2S. The molecule has 2 rings (SSSR count). The third kappa shape index (κ3) is 2.47. The molecule has 0 spiro atoms. The van der Waals surface area contributed by atoms with Crippen molar-refractivity contribution in [2.75, 3.05) is 32.9 Å². The summed E-state index contributed by atoms with van der Waals surface area (Å²) in [5, 5.41) is 0. The van der Waals surface area contributed by atoms with Crippen molar-refractivity contribution in [1.82, 2.24) is 14.2 Å². The lowest BCUT2D eigenvalue weighted by atomic mass is 10.2. The smallest absolute Gasteiger partial charge is 0.243 e. The number of pyridine rings is 1. The fraction of sp³-hybridized carbons (Fsp3) is 0.545. The van der Waals surface area contributed by atoms with Crippen molar-refractivity contribution >= 4 is 15.8 Å². The van der Waals surface area contributed by atoms with Crippen molar-refractivity contribution in [2.45, 2.75) is 17.4 Å². The molecule has 1 aliphatic rings. The van der Waals surface area contributed by atoms with Crippen molar-refractivity contribution in [1.29, 1.82) is 0 Å². The number of nitrogens with two attached hydrogens (primary N) is 1. The standard InChI is InChI=1S/C11H18N4O2S/c1-14(2)9-4-6-15(8-9)18(16,17)10-3-5-13-11(12)7-10/h3,5,7,9H,4,6,8H2,1-2H3,(H2,12,13). The molecule has 2 N–H and O–H groups in total. The maximum atomic E-state index is 12.4. The lowest BCUT2D eigenvalue weighted by Gasteiger charge is -2.20. The molecule has 0 amide bonds. The van der Waals surface area contributed by atoms with Crippen LogP contribution in [0.2, 0.25) is 0 Å². The fourth-order valence-electron chi connectivity index (χ4n) is 2.09. The van der Waals surface area contributed by atoms with Gasteiger partial charge in [0, 0.05) is 31.4 Å². The van der Waals surface area contributed by atoms with E-state index in [1.54, 1.807) is 0 Å². The number of nitrogen functional groups attached to an aromatic ring is 1. The van der Waals surface area contributed by atoms with Crippen LogP contribution < -0.4 is 5.73 Å². The van der Waals surface area contributed by atoms with E-state index in [1.807, 2.05) is 14.1 Å². The van der Waals surface area contributed by atoms with E-state index in [1.165, 1.54) is 22.6 Å². The van der Waals surface area contributed by atoms with Gasteiger partial charge >= 0.3 is 0 Å². The molecule has 1 atom stereocenters. The molecule has 6 nitrogen and oxygen atoms in total. The first-order valence-corrected chi connectivity index (χ1v) is 7.23. The van der Waals surface area contributed by atoms with Crippen molar-refractivity contribution in [3.05, 3.63) is 18.3 Å². The van der Waals surface area contributed by atoms with E-state index >= 15 is 0 Å². The van der Waals surface area contributed by atoms with Crippen LogP contribution in [-0.2, 0) is 10.0 Å². The van der Waals surface area contributed by atoms with Gasteiger partial charge in [0.05, 0.1) is 4.90 Å². The predicted molar refractivity (Wildman–Crippen MR) is 69.5 cm³/mol. The molecule has 0 saturated carbocycles. The van der Waals surface area contributed by atoms with E-state index in [9.17, 15) is 8.42 Å². The van der Waals surface area contributed by atoms with Crippen LogP contribution in [-0.4, -0.2) is 55.8 Å². The highest BCUT2D eigenvalue weighted by Crippen LogP contribution is 2.23. The van der Waals surface area contributed by atoms with Gasteiger partial charge in [-0.2, -0.15) is 4.31 Å². The third-order valence-electron chi connectivity index (χ3n) is 3.25. The number of anilines is 1. The minimum atomic E-state index is -3.44. The topological polar surface area (TPSA) is 79.5 Å². The second-order valence-corrected chi connectivity index (χ2v) is 6.62. The zero-order valence-electron chi connectivity index (χ0n) is 10.6. The molecule has 0 aliphatic carbocycles. The highest BCUT2D eigenvalue weighted by atomic mass is 32.2. The highest BCUT2D eigenvalue weighted by molar-refractivity contribution is 7.89. The second-order valence-electron chi connectivity index (χ2n) is 4.69. The molecule has 1 fully saturated rings. The Morgan fingerprint density at radius 1 is 1.50 bits per heavy atom. The molecule has 18 heavy (non-hydrogen) atoms. The van der Waals surface area contributed by atoms with Crippen LogP contribution in [0.25, 0.3) is 0 Å². The second kappa shape index (κ2) is 4.83. The molecule has 7 heteroatoms. The number of rotatable bonds is 3. The van der Waals surface area contributed by atoms with Crippen LogP contribution in [0.15, 0.2) is 23.2 Å². The Kier molecular flexibility index (Phi) is 3.56. The molecule has 1 aliphatic heterocycles. The average Bonchev–Trinajstić information content (AvgIpc) is 2.79. The molecule has 100 valence electrons. The first-order valence-electron chi connectivity index (χ1n) is 5.79. The maximum absolute atomic E-state index is 12.4. The lowest BCUT2D eigenvalue weighted by molar-refractivity contribution is 0.302. The normalized spacial score (nSPS) is 21.6. The Labute approximate surface area is 107 Å². The lowest BCUT2D eigenvalue weighted by Crippen LogP contribution is -2.34. The molecule has 0 bridgehead atoms. The molecule has 0 aromatic carbocycles. The first kappa shape index (κ1) is 13.3. The monoisotopic (exact) mass is 270 g/mol. The summed E-state index contributed by atoms with van der Waals surface area (Å²) in [6.07, 6.45) is 2.27. The molecule has 0 radical (unpaired) electrons. The Hall–Kier alpha value is -1.18. The maximum Gasteiger partial charge on any atom is 0.243 e. The largest absolute Gasteiger partial charge is 0.384 e. The number of sulfonamides is 1. The summed E-state index contributed by atoms with van der Waals surface area (Å²) in [6.45, 7) is 1.07. The van der Waals surface area contributed by atoms with Crippen LogP contribution in [0, 0.1) is 0 Å². The van der Waals surface area contributed by atoms with Crippen LogP contribution in [0.4, 0.5) is 5.82 Å². The Bertz CT molecular complexity index is 530. The Balaban J connectivity index is 2.23. The minimum absolute atomic E-state index is 0.217. The van der Waals surface area contributed by atoms with Gasteiger partial charge in [-0.1, -0.05) is 0 Å². The fourth-order valence-corrected chi connectivity index (χ4v) is 3.60. The van der Waals surface area contributed by atoms with Gasteiger partial charge in [0.15, 0.2) is 0 Å². The molecular weight excluding hydrogens is 252 g/mol. The molecule has 1 saturated heterocycles. The van der Waals surface area contributed by atoms with E-state index < -0.39 is 10.0 Å². The van der Waals surface area contributed by atoms with Crippen LogP contribution in [0.5, 0.6) is 0 Å². The van der Waals surface area contributed by atoms with Gasteiger partial charge in [0.25, 0.3) is 0 Å². The number of nitrogens with zero attached hydrogens (tertiary/aromatic N) is 3. The summed E-state index contributed by atoms with van der Waals surface area (Å²) in [7, 11) is 0.486. The average molecular weight is 270 g/mol. The summed E-state index contributed by atoms with van der Waals surface area (Å²) < 4.78 is 26.3. The van der Waals surface area contributed by atoms with Crippen LogP contribution >= 0.6 is 0 Å². The van der Waals surface area contributed by atoms with Crippen molar-refractivity contribution in [3.8, 4) is 0 Å². The predicted octanol–water partition coefficient (Wildman–Crippen LogP) is -0.0116. The van der Waals surface area contributed by atoms with Crippen molar-refractivity contribution in [3.63, 3.8) is 0 Å². The number of hydrogen-bond donors (Lipinski definition) is 1. The van der Waals surface area contributed by atoms with E-state index in [2.05, 4.69) is 9.88 Å².